The van der Waals surface area contributed by atoms with Crippen molar-refractivity contribution in [3.8, 4) is 6.57 Å². The zero-order chi connectivity index (χ0) is 11.4. The van der Waals surface area contributed by atoms with Gasteiger partial charge in [-0.25, -0.2) is 0 Å². The van der Waals surface area contributed by atoms with Crippen LogP contribution in [0.4, 0.5) is 0 Å². The maximum Gasteiger partial charge on any atom is 0.378 e. The van der Waals surface area contributed by atoms with Crippen molar-refractivity contribution in [2.24, 2.45) is 5.73 Å². The smallest absolute Gasteiger partial charge is 0.371 e. The first-order chi connectivity index (χ1) is 7.72. The number of ether oxygens (including phenoxy) is 4. The molecule has 90 valence electrons. The second-order valence-corrected chi connectivity index (χ2v) is 4.17. The molecular formula is C10H17N2O4+. The van der Waals surface area contributed by atoms with E-state index in [-0.39, 0.29) is 25.4 Å². The highest BCUT2D eigenvalue weighted by Gasteiger charge is 2.38. The van der Waals surface area contributed by atoms with Crippen molar-refractivity contribution in [2.75, 3.05) is 39.6 Å². The number of rotatable bonds is 8. The Hall–Kier alpha value is -0.710. The van der Waals surface area contributed by atoms with Gasteiger partial charge in [0.1, 0.15) is 25.4 Å². The Labute approximate surface area is 94.4 Å². The van der Waals surface area contributed by atoms with Gasteiger partial charge in [0.25, 0.3) is 6.57 Å². The molecule has 2 saturated heterocycles. The Balaban J connectivity index is 1.60. The van der Waals surface area contributed by atoms with E-state index in [4.69, 9.17) is 31.3 Å². The summed E-state index contributed by atoms with van der Waals surface area (Å²) in [5.74, 6) is 0. The molecule has 0 aliphatic carbocycles. The zero-order valence-corrected chi connectivity index (χ0v) is 9.13. The van der Waals surface area contributed by atoms with Crippen LogP contribution in [0.5, 0.6) is 0 Å². The van der Waals surface area contributed by atoms with E-state index < -0.39 is 5.66 Å². The van der Waals surface area contributed by atoms with Crippen molar-refractivity contribution in [3.63, 3.8) is 0 Å². The average Bonchev–Trinajstić information content (AvgIpc) is 3.12. The highest BCUT2D eigenvalue weighted by molar-refractivity contribution is 4.96. The van der Waals surface area contributed by atoms with E-state index in [1.54, 1.807) is 0 Å². The van der Waals surface area contributed by atoms with E-state index in [0.717, 1.165) is 13.2 Å². The normalized spacial score (nSPS) is 30.5. The van der Waals surface area contributed by atoms with Gasteiger partial charge in [-0.3, -0.25) is 5.73 Å². The minimum atomic E-state index is -0.982. The Morgan fingerprint density at radius 3 is 1.94 bits per heavy atom. The number of nitrogens with two attached hydrogens (primary N) is 1. The van der Waals surface area contributed by atoms with Crippen LogP contribution >= 0.6 is 0 Å². The molecule has 16 heavy (non-hydrogen) atoms. The molecule has 2 aliphatic heterocycles. The molecule has 0 aromatic rings. The number of epoxide rings is 2. The fraction of sp³-hybridized carbons (Fsp3) is 0.900. The van der Waals surface area contributed by atoms with Crippen molar-refractivity contribution >= 4 is 0 Å². The third kappa shape index (κ3) is 4.04. The summed E-state index contributed by atoms with van der Waals surface area (Å²) in [6.45, 7) is 8.28. The van der Waals surface area contributed by atoms with Gasteiger partial charge in [0.15, 0.2) is 0 Å². The average molecular weight is 229 g/mol. The van der Waals surface area contributed by atoms with Crippen LogP contribution in [0.15, 0.2) is 0 Å². The molecule has 2 N–H and O–H groups in total. The lowest BCUT2D eigenvalue weighted by molar-refractivity contribution is 0.0309. The summed E-state index contributed by atoms with van der Waals surface area (Å²) in [4.78, 5) is 3.60. The van der Waals surface area contributed by atoms with Crippen molar-refractivity contribution in [1.29, 1.82) is 0 Å². The first-order valence-corrected chi connectivity index (χ1v) is 5.31. The SMILES string of the molecule is C#[N+]C(N)(COCC1CO1)COCC1CO1. The van der Waals surface area contributed by atoms with Gasteiger partial charge in [0, 0.05) is 0 Å². The van der Waals surface area contributed by atoms with E-state index >= 15 is 0 Å². The topological polar surface area (TPSA) is 73.9 Å². The molecule has 0 saturated carbocycles. The monoisotopic (exact) mass is 229 g/mol. The molecule has 6 nitrogen and oxygen atoms in total. The molecular weight excluding hydrogens is 212 g/mol. The van der Waals surface area contributed by atoms with Crippen LogP contribution in [0.2, 0.25) is 0 Å². The van der Waals surface area contributed by atoms with Crippen molar-refractivity contribution in [2.45, 2.75) is 17.9 Å². The summed E-state index contributed by atoms with van der Waals surface area (Å²) in [5.41, 5.74) is 4.90. The fourth-order valence-corrected chi connectivity index (χ4v) is 1.18. The van der Waals surface area contributed by atoms with Crippen molar-refractivity contribution in [3.05, 3.63) is 4.85 Å². The lowest BCUT2D eigenvalue weighted by Crippen LogP contribution is -2.46. The maximum atomic E-state index is 5.89. The Morgan fingerprint density at radius 1 is 1.19 bits per heavy atom. The number of hydrogen-bond acceptors (Lipinski definition) is 5. The van der Waals surface area contributed by atoms with Gasteiger partial charge in [0.05, 0.1) is 26.4 Å². The molecule has 0 radical (unpaired) electrons. The van der Waals surface area contributed by atoms with Crippen molar-refractivity contribution < 1.29 is 18.9 Å². The lowest BCUT2D eigenvalue weighted by Gasteiger charge is -2.13. The first kappa shape index (κ1) is 11.8. The fourth-order valence-electron chi connectivity index (χ4n) is 1.18. The Kier molecular flexibility index (Phi) is 3.74. The summed E-state index contributed by atoms with van der Waals surface area (Å²) in [5, 5.41) is 0. The summed E-state index contributed by atoms with van der Waals surface area (Å²) in [6, 6.07) is 0. The Bertz CT molecular complexity index is 252. The second-order valence-electron chi connectivity index (χ2n) is 4.17. The van der Waals surface area contributed by atoms with E-state index in [0.29, 0.717) is 13.2 Å². The van der Waals surface area contributed by atoms with Crippen LogP contribution in [0.1, 0.15) is 0 Å². The summed E-state index contributed by atoms with van der Waals surface area (Å²) in [6.07, 6.45) is 0.422. The molecule has 2 heterocycles. The minimum Gasteiger partial charge on any atom is -0.371 e. The van der Waals surface area contributed by atoms with E-state index in [1.807, 2.05) is 0 Å². The van der Waals surface area contributed by atoms with Gasteiger partial charge in [0.2, 0.25) is 0 Å². The number of hydrogen-bond donors (Lipinski definition) is 1. The van der Waals surface area contributed by atoms with E-state index in [9.17, 15) is 0 Å². The van der Waals surface area contributed by atoms with Crippen LogP contribution in [-0.2, 0) is 18.9 Å². The molecule has 2 unspecified atom stereocenters. The van der Waals surface area contributed by atoms with Crippen LogP contribution in [0.3, 0.4) is 0 Å². The maximum absolute atomic E-state index is 5.89. The molecule has 2 rings (SSSR count). The molecule has 0 aromatic carbocycles. The van der Waals surface area contributed by atoms with Gasteiger partial charge in [-0.2, -0.15) is 0 Å². The minimum absolute atomic E-state index is 0.211. The molecule has 6 heteroatoms. The molecule has 0 bridgehead atoms. The van der Waals surface area contributed by atoms with Gasteiger partial charge < -0.3 is 18.9 Å². The van der Waals surface area contributed by atoms with Crippen LogP contribution in [0, 0.1) is 6.57 Å². The predicted molar refractivity (Wildman–Crippen MR) is 56.3 cm³/mol. The highest BCUT2D eigenvalue weighted by atomic mass is 16.6. The van der Waals surface area contributed by atoms with Crippen molar-refractivity contribution in [1.82, 2.24) is 0 Å². The molecule has 2 fully saturated rings. The molecule has 2 atom stereocenters. The first-order valence-electron chi connectivity index (χ1n) is 5.31. The standard InChI is InChI=1S/C10H17N2O4/c1-12-10(11,6-13-2-8-4-15-8)7-14-3-9-5-16-9/h1,8-9H,2-7,11H2/q+1. The summed E-state index contributed by atoms with van der Waals surface area (Å²) < 4.78 is 20.7. The predicted octanol–water partition coefficient (Wildman–Crippen LogP) is -0.565. The summed E-state index contributed by atoms with van der Waals surface area (Å²) >= 11 is 0. The second kappa shape index (κ2) is 5.08. The molecule has 0 aromatic heterocycles. The lowest BCUT2D eigenvalue weighted by atomic mass is 10.2. The van der Waals surface area contributed by atoms with E-state index in [1.165, 1.54) is 0 Å². The summed E-state index contributed by atoms with van der Waals surface area (Å²) in [7, 11) is 0. The van der Waals surface area contributed by atoms with Gasteiger partial charge in [-0.05, 0) is 0 Å². The zero-order valence-electron chi connectivity index (χ0n) is 9.13. The molecule has 0 spiro atoms. The van der Waals surface area contributed by atoms with Crippen LogP contribution in [-0.4, -0.2) is 57.5 Å². The van der Waals surface area contributed by atoms with Crippen LogP contribution < -0.4 is 5.73 Å². The highest BCUT2D eigenvalue weighted by Crippen LogP contribution is 2.13. The molecule has 2 aliphatic rings. The molecule has 0 amide bonds. The Morgan fingerprint density at radius 2 is 1.62 bits per heavy atom. The van der Waals surface area contributed by atoms with Gasteiger partial charge in [-0.15, -0.1) is 0 Å². The number of nitrogens with zero attached hydrogens (tertiary/aromatic N) is 1. The third-order valence-corrected chi connectivity index (χ3v) is 2.37. The van der Waals surface area contributed by atoms with Gasteiger partial charge in [-0.1, -0.05) is 4.85 Å². The van der Waals surface area contributed by atoms with Gasteiger partial charge >= 0.3 is 5.66 Å². The third-order valence-electron chi connectivity index (χ3n) is 2.37. The quantitative estimate of drug-likeness (QED) is 0.564. The largest absolute Gasteiger partial charge is 0.378 e. The van der Waals surface area contributed by atoms with Crippen LogP contribution in [0.25, 0.3) is 4.85 Å². The van der Waals surface area contributed by atoms with E-state index in [2.05, 4.69) is 4.85 Å².